The predicted octanol–water partition coefficient (Wildman–Crippen LogP) is -0.0991. The molecule has 0 aliphatic heterocycles. The topological polar surface area (TPSA) is 70.7 Å². The summed E-state index contributed by atoms with van der Waals surface area (Å²) in [7, 11) is 0. The number of thioether (sulfide) groups is 1. The molecule has 6 heteroatoms. The Morgan fingerprint density at radius 2 is 2.64 bits per heavy atom. The average Bonchev–Trinajstić information content (AvgIpc) is 2.70. The number of carbonyl (C=O) groups is 1. The highest BCUT2D eigenvalue weighted by atomic mass is 32.2. The van der Waals surface area contributed by atoms with E-state index in [1.165, 1.54) is 6.33 Å². The molecule has 0 bridgehead atoms. The number of aromatic nitrogens is 3. The number of terminal acetylenes is 1. The van der Waals surface area contributed by atoms with E-state index in [-0.39, 0.29) is 11.7 Å². The van der Waals surface area contributed by atoms with E-state index in [0.29, 0.717) is 12.3 Å². The molecule has 0 saturated carbocycles. The van der Waals surface area contributed by atoms with Gasteiger partial charge in [-0.05, 0) is 0 Å². The van der Waals surface area contributed by atoms with Gasteiger partial charge in [-0.15, -0.1) is 18.2 Å². The molecule has 0 spiro atoms. The molecule has 74 valence electrons. The van der Waals surface area contributed by atoms with Crippen LogP contribution in [0.1, 0.15) is 10.6 Å². The second-order valence-electron chi connectivity index (χ2n) is 2.35. The lowest BCUT2D eigenvalue weighted by atomic mass is 10.5. The van der Waals surface area contributed by atoms with Gasteiger partial charge in [0.25, 0.3) is 5.91 Å². The monoisotopic (exact) mass is 210 g/mol. The lowest BCUT2D eigenvalue weighted by molar-refractivity contribution is 0.0946. The fourth-order valence-electron chi connectivity index (χ4n) is 0.766. The van der Waals surface area contributed by atoms with Crippen molar-refractivity contribution < 1.29 is 4.79 Å². The van der Waals surface area contributed by atoms with Gasteiger partial charge in [-0.25, -0.2) is 4.98 Å². The van der Waals surface area contributed by atoms with E-state index in [2.05, 4.69) is 26.4 Å². The Hall–Kier alpha value is -1.48. The van der Waals surface area contributed by atoms with Crippen LogP contribution in [0.4, 0.5) is 0 Å². The maximum atomic E-state index is 11.2. The van der Waals surface area contributed by atoms with Crippen LogP contribution >= 0.6 is 11.8 Å². The summed E-state index contributed by atoms with van der Waals surface area (Å²) in [5.74, 6) is 3.95. The molecule has 2 N–H and O–H groups in total. The van der Waals surface area contributed by atoms with Gasteiger partial charge in [-0.3, -0.25) is 9.89 Å². The normalized spacial score (nSPS) is 9.36. The maximum Gasteiger partial charge on any atom is 0.288 e. The standard InChI is InChI=1S/C8H10N4OS/c1-2-4-14-5-3-9-8(13)7-10-6-11-12-7/h1,6H,3-5H2,(H,9,13)(H,10,11,12). The fourth-order valence-corrected chi connectivity index (χ4v) is 1.28. The first kappa shape index (κ1) is 10.6. The molecule has 5 nitrogen and oxygen atoms in total. The fraction of sp³-hybridized carbons (Fsp3) is 0.375. The molecule has 0 atom stereocenters. The van der Waals surface area contributed by atoms with Gasteiger partial charge in [-0.1, -0.05) is 5.92 Å². The summed E-state index contributed by atoms with van der Waals surface area (Å²) in [5, 5.41) is 8.73. The summed E-state index contributed by atoms with van der Waals surface area (Å²) in [6.07, 6.45) is 6.36. The number of hydrogen-bond donors (Lipinski definition) is 2. The summed E-state index contributed by atoms with van der Waals surface area (Å²) in [6, 6.07) is 0. The third kappa shape index (κ3) is 3.49. The number of aromatic amines is 1. The molecular formula is C8H10N4OS. The Bertz CT molecular complexity index is 317. The molecule has 1 aromatic heterocycles. The zero-order chi connectivity index (χ0) is 10.2. The van der Waals surface area contributed by atoms with Gasteiger partial charge in [0, 0.05) is 12.3 Å². The number of rotatable bonds is 5. The van der Waals surface area contributed by atoms with Crippen LogP contribution in [0.2, 0.25) is 0 Å². The summed E-state index contributed by atoms with van der Waals surface area (Å²) in [5.41, 5.74) is 0. The average molecular weight is 210 g/mol. The lowest BCUT2D eigenvalue weighted by Gasteiger charge is -2.00. The van der Waals surface area contributed by atoms with Crippen LogP contribution in [0.3, 0.4) is 0 Å². The minimum Gasteiger partial charge on any atom is -0.349 e. The highest BCUT2D eigenvalue weighted by Crippen LogP contribution is 1.95. The first-order chi connectivity index (χ1) is 6.84. The quantitative estimate of drug-likeness (QED) is 0.526. The van der Waals surface area contributed by atoms with Gasteiger partial charge in [0.15, 0.2) is 0 Å². The van der Waals surface area contributed by atoms with E-state index >= 15 is 0 Å². The molecule has 1 rings (SSSR count). The van der Waals surface area contributed by atoms with Crippen molar-refractivity contribution in [1.82, 2.24) is 20.5 Å². The van der Waals surface area contributed by atoms with E-state index in [1.807, 2.05) is 0 Å². The maximum absolute atomic E-state index is 11.2. The smallest absolute Gasteiger partial charge is 0.288 e. The first-order valence-corrected chi connectivity index (χ1v) is 5.15. The van der Waals surface area contributed by atoms with Crippen molar-refractivity contribution in [3.63, 3.8) is 0 Å². The van der Waals surface area contributed by atoms with Crippen LogP contribution in [-0.2, 0) is 0 Å². The van der Waals surface area contributed by atoms with Crippen LogP contribution in [0.5, 0.6) is 0 Å². The van der Waals surface area contributed by atoms with Gasteiger partial charge in [-0.2, -0.15) is 5.10 Å². The van der Waals surface area contributed by atoms with Crippen molar-refractivity contribution in [2.75, 3.05) is 18.1 Å². The third-order valence-corrected chi connectivity index (χ3v) is 2.21. The molecule has 14 heavy (non-hydrogen) atoms. The number of amides is 1. The van der Waals surface area contributed by atoms with Crippen molar-refractivity contribution in [2.24, 2.45) is 0 Å². The molecule has 1 aromatic rings. The third-order valence-electron chi connectivity index (χ3n) is 1.35. The van der Waals surface area contributed by atoms with Gasteiger partial charge < -0.3 is 5.32 Å². The zero-order valence-corrected chi connectivity index (χ0v) is 8.30. The largest absolute Gasteiger partial charge is 0.349 e. The second kappa shape index (κ2) is 6.05. The molecule has 0 radical (unpaired) electrons. The summed E-state index contributed by atoms with van der Waals surface area (Å²) in [6.45, 7) is 0.575. The van der Waals surface area contributed by atoms with E-state index in [9.17, 15) is 4.79 Å². The molecular weight excluding hydrogens is 200 g/mol. The second-order valence-corrected chi connectivity index (χ2v) is 3.45. The van der Waals surface area contributed by atoms with Crippen molar-refractivity contribution in [2.45, 2.75) is 0 Å². The molecule has 1 amide bonds. The Morgan fingerprint density at radius 3 is 3.29 bits per heavy atom. The Morgan fingerprint density at radius 1 is 1.79 bits per heavy atom. The van der Waals surface area contributed by atoms with E-state index < -0.39 is 0 Å². The Balaban J connectivity index is 2.14. The summed E-state index contributed by atoms with van der Waals surface area (Å²) in [4.78, 5) is 15.0. The summed E-state index contributed by atoms with van der Waals surface area (Å²) >= 11 is 1.60. The number of carbonyl (C=O) groups excluding carboxylic acids is 1. The number of nitrogens with zero attached hydrogens (tertiary/aromatic N) is 2. The SMILES string of the molecule is C#CCSCCNC(=O)c1ncn[nH]1. The lowest BCUT2D eigenvalue weighted by Crippen LogP contribution is -2.26. The van der Waals surface area contributed by atoms with Crippen molar-refractivity contribution in [3.05, 3.63) is 12.2 Å². The highest BCUT2D eigenvalue weighted by molar-refractivity contribution is 7.99. The Labute approximate surface area is 86.1 Å². The molecule has 0 aliphatic rings. The van der Waals surface area contributed by atoms with Crippen molar-refractivity contribution >= 4 is 17.7 Å². The molecule has 0 fully saturated rings. The minimum absolute atomic E-state index is 0.229. The van der Waals surface area contributed by atoms with Crippen LogP contribution in [0.25, 0.3) is 0 Å². The molecule has 0 saturated heterocycles. The van der Waals surface area contributed by atoms with Gasteiger partial charge in [0.1, 0.15) is 6.33 Å². The van der Waals surface area contributed by atoms with Crippen molar-refractivity contribution in [3.8, 4) is 12.3 Å². The number of nitrogens with one attached hydrogen (secondary N) is 2. The Kier molecular flexibility index (Phi) is 4.58. The van der Waals surface area contributed by atoms with Crippen molar-refractivity contribution in [1.29, 1.82) is 0 Å². The molecule has 0 aromatic carbocycles. The van der Waals surface area contributed by atoms with Crippen LogP contribution < -0.4 is 5.32 Å². The zero-order valence-electron chi connectivity index (χ0n) is 7.49. The van der Waals surface area contributed by atoms with Crippen LogP contribution in [0.15, 0.2) is 6.33 Å². The summed E-state index contributed by atoms with van der Waals surface area (Å²) < 4.78 is 0. The van der Waals surface area contributed by atoms with Gasteiger partial charge in [0.05, 0.1) is 5.75 Å². The van der Waals surface area contributed by atoms with E-state index in [0.717, 1.165) is 5.75 Å². The number of H-pyrrole nitrogens is 1. The van der Waals surface area contributed by atoms with Crippen LogP contribution in [-0.4, -0.2) is 39.1 Å². The predicted molar refractivity (Wildman–Crippen MR) is 54.9 cm³/mol. The van der Waals surface area contributed by atoms with Crippen LogP contribution in [0, 0.1) is 12.3 Å². The number of hydrogen-bond acceptors (Lipinski definition) is 4. The molecule has 0 aliphatic carbocycles. The first-order valence-electron chi connectivity index (χ1n) is 3.99. The van der Waals surface area contributed by atoms with Gasteiger partial charge >= 0.3 is 0 Å². The van der Waals surface area contributed by atoms with E-state index in [4.69, 9.17) is 6.42 Å². The molecule has 0 unspecified atom stereocenters. The minimum atomic E-state index is -0.246. The highest BCUT2D eigenvalue weighted by Gasteiger charge is 2.06. The van der Waals surface area contributed by atoms with E-state index in [1.54, 1.807) is 11.8 Å². The van der Waals surface area contributed by atoms with Gasteiger partial charge in [0.2, 0.25) is 5.82 Å². The molecule has 1 heterocycles.